The molecule has 14 N–H and O–H groups in total. The minimum atomic E-state index is -2.44. The van der Waals surface area contributed by atoms with Crippen molar-refractivity contribution >= 4 is 52.6 Å². The fourth-order valence-electron chi connectivity index (χ4n) is 0.773. The Morgan fingerprint density at radius 3 is 0.417 bits per heavy atom. The largest absolute Gasteiger partial charge is 3.00 e. The fraction of sp³-hybridized carbons (Fsp3) is 0.500. The van der Waals surface area contributed by atoms with Gasteiger partial charge in [0.1, 0.15) is 36.6 Å². The van der Waals surface area contributed by atoms with Gasteiger partial charge in [-0.05, 0) is 0 Å². The zero-order chi connectivity index (χ0) is 24.9. The number of carboxylic acid groups (broad SMARTS) is 6. The van der Waals surface area contributed by atoms with Crippen molar-refractivity contribution in [1.29, 1.82) is 0 Å². The first-order valence-corrected chi connectivity index (χ1v) is 6.73. The summed E-state index contributed by atoms with van der Waals surface area (Å²) < 4.78 is 0. The van der Waals surface area contributed by atoms with Crippen molar-refractivity contribution in [3.63, 3.8) is 0 Å². The van der Waals surface area contributed by atoms with Crippen LogP contribution in [0.4, 0.5) is 0 Å². The van der Waals surface area contributed by atoms with E-state index in [1.165, 1.54) is 0 Å². The van der Waals surface area contributed by atoms with E-state index in [1.807, 2.05) is 0 Å². The van der Waals surface area contributed by atoms with Crippen molar-refractivity contribution < 1.29 is 112 Å². The van der Waals surface area contributed by atoms with Gasteiger partial charge in [-0.15, -0.1) is 0 Å². The normalized spacial score (nSPS) is 13.2. The molecule has 0 amide bonds. The van der Waals surface area contributed by atoms with Gasteiger partial charge in [0.25, 0.3) is 0 Å². The number of aliphatic carboxylic acids is 6. The molecule has 0 spiro atoms. The Bertz CT molecular complexity index is 501. The third kappa shape index (κ3) is 25.2. The van der Waals surface area contributed by atoms with Gasteiger partial charge >= 0.3 is 16.8 Å². The third-order valence-corrected chi connectivity index (χ3v) is 2.35. The molecule has 0 aliphatic rings. The van der Waals surface area contributed by atoms with Gasteiger partial charge in [-0.3, -0.25) is 0 Å². The van der Waals surface area contributed by atoms with Crippen LogP contribution in [-0.2, 0) is 28.8 Å². The maximum atomic E-state index is 9.63. The molecule has 0 aromatic heterocycles. The van der Waals surface area contributed by atoms with Crippen LogP contribution >= 0.6 is 0 Å². The third-order valence-electron chi connectivity index (χ3n) is 2.35. The first-order valence-electron chi connectivity index (χ1n) is 6.73. The van der Waals surface area contributed by atoms with Crippen molar-refractivity contribution in [2.24, 2.45) is 0 Å². The second-order valence-electron chi connectivity index (χ2n) is 4.58. The molecule has 0 aromatic carbocycles. The standard InChI is InChI=1S/3C4H6O6.2B.4H2O/c3*5-1(3(7)8)2(6)4(9)10;;;;;;/h3*1-2,5-6H,(H,7,8)(H,9,10);;;4*1H2/q;;;2*+3;;;;/p-6. The number of carbonyl (C=O) groups is 6. The maximum Gasteiger partial charge on any atom is 3.00 e. The first-order chi connectivity index (χ1) is 13.4. The summed E-state index contributed by atoms with van der Waals surface area (Å²) in [6.45, 7) is 0. The van der Waals surface area contributed by atoms with Crippen LogP contribution in [0, 0.1) is 0 Å². The van der Waals surface area contributed by atoms with E-state index in [2.05, 4.69) is 0 Å². The van der Waals surface area contributed by atoms with Crippen molar-refractivity contribution in [2.75, 3.05) is 0 Å². The van der Waals surface area contributed by atoms with Crippen LogP contribution in [0.5, 0.6) is 0 Å². The summed E-state index contributed by atoms with van der Waals surface area (Å²) in [5.41, 5.74) is 0. The summed E-state index contributed by atoms with van der Waals surface area (Å²) in [5, 5.41) is 107. The predicted molar refractivity (Wildman–Crippen MR) is 92.0 cm³/mol. The SMILES string of the molecule is O.O.O.O.O=C([O-])C(O)C(O)C(=O)[O-].O=C([O-])C(O)C(O)C(=O)[O-].O=C([O-])C(O)C(O)C(=O)[O-].[B+3].[B+3]. The summed E-state index contributed by atoms with van der Waals surface area (Å²) in [5.74, 6) is -12.4. The molecule has 0 aliphatic heterocycles. The number of rotatable bonds is 9. The zero-order valence-corrected chi connectivity index (χ0v) is 17.2. The summed E-state index contributed by atoms with van der Waals surface area (Å²) in [6, 6.07) is 0. The Kier molecular flexibility index (Phi) is 45.1. The fourth-order valence-corrected chi connectivity index (χ4v) is 0.773. The molecule has 6 atom stereocenters. The number of carbonyl (C=O) groups excluding carboxylic acids is 6. The molecule has 0 bridgehead atoms. The van der Waals surface area contributed by atoms with Crippen LogP contribution in [-0.4, -0.2) is 142 Å². The van der Waals surface area contributed by atoms with Crippen LogP contribution in [0.3, 0.4) is 0 Å². The molecule has 22 nitrogen and oxygen atoms in total. The molecule has 0 fully saturated rings. The van der Waals surface area contributed by atoms with Crippen LogP contribution in [0.25, 0.3) is 0 Å². The van der Waals surface area contributed by atoms with Gasteiger partial charge in [0.15, 0.2) is 0 Å². The number of hydrogen-bond donors (Lipinski definition) is 6. The van der Waals surface area contributed by atoms with Crippen molar-refractivity contribution in [3.05, 3.63) is 0 Å². The summed E-state index contributed by atoms with van der Waals surface area (Å²) >= 11 is 0. The first kappa shape index (κ1) is 58.4. The van der Waals surface area contributed by atoms with E-state index >= 15 is 0 Å². The molecule has 0 saturated heterocycles. The van der Waals surface area contributed by atoms with Gasteiger partial charge in [-0.25, -0.2) is 0 Å². The van der Waals surface area contributed by atoms with Crippen LogP contribution in [0.2, 0.25) is 0 Å². The molecule has 0 saturated carbocycles. The molecule has 24 heteroatoms. The smallest absolute Gasteiger partial charge is 0.547 e. The maximum absolute atomic E-state index is 9.63. The molecular weight excluding hydrogens is 518 g/mol. The van der Waals surface area contributed by atoms with Gasteiger partial charge in [0.2, 0.25) is 0 Å². The molecule has 0 heterocycles. The number of hydrogen-bond acceptors (Lipinski definition) is 18. The van der Waals surface area contributed by atoms with Crippen LogP contribution in [0.1, 0.15) is 0 Å². The Balaban J connectivity index is -0.0000000401. The average Bonchev–Trinajstić information content (AvgIpc) is 2.64. The molecular formula is C12H20B2O22. The molecule has 36 heavy (non-hydrogen) atoms. The number of aliphatic hydroxyl groups excluding tert-OH is 6. The number of aliphatic hydroxyl groups is 6. The van der Waals surface area contributed by atoms with E-state index in [1.54, 1.807) is 0 Å². The molecule has 0 radical (unpaired) electrons. The van der Waals surface area contributed by atoms with E-state index < -0.39 is 72.4 Å². The van der Waals surface area contributed by atoms with Gasteiger partial charge in [0, 0.05) is 0 Å². The van der Waals surface area contributed by atoms with Crippen molar-refractivity contribution in [1.82, 2.24) is 0 Å². The van der Waals surface area contributed by atoms with Gasteiger partial charge in [-0.1, -0.05) is 0 Å². The van der Waals surface area contributed by atoms with E-state index in [-0.39, 0.29) is 38.7 Å². The molecule has 206 valence electrons. The van der Waals surface area contributed by atoms with Gasteiger partial charge < -0.3 is 112 Å². The quantitative estimate of drug-likeness (QED) is 0.148. The Morgan fingerprint density at radius 2 is 0.389 bits per heavy atom. The second-order valence-corrected chi connectivity index (χ2v) is 4.58. The zero-order valence-electron chi connectivity index (χ0n) is 17.2. The van der Waals surface area contributed by atoms with E-state index in [0.717, 1.165) is 0 Å². The molecule has 0 aliphatic carbocycles. The predicted octanol–water partition coefficient (Wildman–Crippen LogP) is -18.4. The van der Waals surface area contributed by atoms with Crippen LogP contribution < -0.4 is 30.6 Å². The van der Waals surface area contributed by atoms with E-state index in [4.69, 9.17) is 30.6 Å². The number of carboxylic acids is 6. The second kappa shape index (κ2) is 27.8. The Hall–Kier alpha value is -3.45. The van der Waals surface area contributed by atoms with E-state index in [0.29, 0.717) is 0 Å². The molecule has 0 rings (SSSR count). The minimum Gasteiger partial charge on any atom is -0.547 e. The van der Waals surface area contributed by atoms with Gasteiger partial charge in [0.05, 0.1) is 35.8 Å². The molecule has 6 unspecified atom stereocenters. The Labute approximate surface area is 202 Å². The topological polar surface area (TPSA) is 488 Å². The monoisotopic (exact) mass is 538 g/mol. The van der Waals surface area contributed by atoms with Crippen molar-refractivity contribution in [2.45, 2.75) is 36.6 Å². The molecule has 0 aromatic rings. The van der Waals surface area contributed by atoms with Crippen LogP contribution in [0.15, 0.2) is 0 Å². The average molecular weight is 538 g/mol. The summed E-state index contributed by atoms with van der Waals surface area (Å²) in [4.78, 5) is 57.8. The van der Waals surface area contributed by atoms with E-state index in [9.17, 15) is 59.4 Å². The van der Waals surface area contributed by atoms with Crippen molar-refractivity contribution in [3.8, 4) is 0 Å². The van der Waals surface area contributed by atoms with Gasteiger partial charge in [-0.2, -0.15) is 0 Å². The Morgan fingerprint density at radius 1 is 0.333 bits per heavy atom. The summed E-state index contributed by atoms with van der Waals surface area (Å²) in [6.07, 6.45) is -14.6. The summed E-state index contributed by atoms with van der Waals surface area (Å²) in [7, 11) is 0. The minimum absolute atomic E-state index is 0.